The van der Waals surface area contributed by atoms with Gasteiger partial charge in [-0.25, -0.2) is 8.42 Å². The van der Waals surface area contributed by atoms with Crippen LogP contribution in [0.1, 0.15) is 40.7 Å². The summed E-state index contributed by atoms with van der Waals surface area (Å²) >= 11 is 0. The zero-order valence-electron chi connectivity index (χ0n) is 19.3. The van der Waals surface area contributed by atoms with Crippen molar-refractivity contribution in [3.8, 4) is 0 Å². The average molecular weight is 474 g/mol. The highest BCUT2D eigenvalue weighted by atomic mass is 32.2. The molecule has 33 heavy (non-hydrogen) atoms. The van der Waals surface area contributed by atoms with Crippen molar-refractivity contribution in [3.63, 3.8) is 0 Å². The molecule has 8 nitrogen and oxygen atoms in total. The number of ether oxygens (including phenoxy) is 1. The molecular formula is C24H31N3O5S. The van der Waals surface area contributed by atoms with Gasteiger partial charge in [-0.3, -0.25) is 14.3 Å². The quantitative estimate of drug-likeness (QED) is 0.545. The first-order valence-corrected chi connectivity index (χ1v) is 12.5. The van der Waals surface area contributed by atoms with E-state index in [2.05, 4.69) is 10.0 Å². The van der Waals surface area contributed by atoms with E-state index in [1.54, 1.807) is 55.3 Å². The maximum absolute atomic E-state index is 13.0. The van der Waals surface area contributed by atoms with E-state index in [9.17, 15) is 18.0 Å². The molecule has 1 atom stereocenters. The highest BCUT2D eigenvalue weighted by molar-refractivity contribution is 7.92. The lowest BCUT2D eigenvalue weighted by molar-refractivity contribution is -0.124. The highest BCUT2D eigenvalue weighted by Crippen LogP contribution is 2.23. The molecule has 178 valence electrons. The summed E-state index contributed by atoms with van der Waals surface area (Å²) in [7, 11) is -2.15. The van der Waals surface area contributed by atoms with Crippen LogP contribution in [0.4, 0.5) is 5.69 Å². The van der Waals surface area contributed by atoms with E-state index in [1.165, 1.54) is 0 Å². The van der Waals surface area contributed by atoms with Crippen LogP contribution in [0, 0.1) is 13.8 Å². The van der Waals surface area contributed by atoms with Crippen molar-refractivity contribution in [2.24, 2.45) is 0 Å². The standard InChI is InChI=1S/C24H31N3O5S/c1-17-7-8-18(2)22(16-17)33(30,31)26-20-11-9-19(10-12-20)24(29)27-14-4-6-21(27)23(28)25-13-5-15-32-3/h7-12,16,21,26H,4-6,13-15H2,1-3H3,(H,25,28). The van der Waals surface area contributed by atoms with Crippen molar-refractivity contribution in [1.82, 2.24) is 10.2 Å². The van der Waals surface area contributed by atoms with Gasteiger partial charge in [-0.2, -0.15) is 0 Å². The van der Waals surface area contributed by atoms with Crippen LogP contribution in [0.2, 0.25) is 0 Å². The molecule has 0 bridgehead atoms. The number of nitrogens with zero attached hydrogens (tertiary/aromatic N) is 1. The first-order chi connectivity index (χ1) is 15.7. The van der Waals surface area contributed by atoms with Crippen molar-refractivity contribution in [3.05, 3.63) is 59.2 Å². The number of nitrogens with one attached hydrogen (secondary N) is 2. The van der Waals surface area contributed by atoms with Gasteiger partial charge in [-0.05, 0) is 74.6 Å². The number of amides is 2. The Morgan fingerprint density at radius 3 is 2.55 bits per heavy atom. The van der Waals surface area contributed by atoms with E-state index in [-0.39, 0.29) is 16.7 Å². The highest BCUT2D eigenvalue weighted by Gasteiger charge is 2.34. The lowest BCUT2D eigenvalue weighted by atomic mass is 10.1. The number of aryl methyl sites for hydroxylation is 2. The second-order valence-electron chi connectivity index (χ2n) is 8.25. The normalized spacial score (nSPS) is 16.0. The molecule has 0 saturated carbocycles. The van der Waals surface area contributed by atoms with E-state index in [0.29, 0.717) is 49.4 Å². The number of anilines is 1. The van der Waals surface area contributed by atoms with Crippen LogP contribution in [-0.4, -0.2) is 58.0 Å². The summed E-state index contributed by atoms with van der Waals surface area (Å²) in [6.07, 6.45) is 2.09. The molecule has 2 aromatic carbocycles. The van der Waals surface area contributed by atoms with E-state index in [0.717, 1.165) is 12.0 Å². The zero-order chi connectivity index (χ0) is 24.0. The van der Waals surface area contributed by atoms with E-state index in [4.69, 9.17) is 4.74 Å². The van der Waals surface area contributed by atoms with Gasteiger partial charge in [0.2, 0.25) is 5.91 Å². The number of hydrogen-bond acceptors (Lipinski definition) is 5. The van der Waals surface area contributed by atoms with Gasteiger partial charge in [0.1, 0.15) is 6.04 Å². The Balaban J connectivity index is 1.67. The third-order valence-electron chi connectivity index (χ3n) is 5.66. The summed E-state index contributed by atoms with van der Waals surface area (Å²) in [6.45, 7) is 5.16. The summed E-state index contributed by atoms with van der Waals surface area (Å²) in [5.41, 5.74) is 2.27. The Labute approximate surface area is 195 Å². The van der Waals surface area contributed by atoms with Gasteiger partial charge >= 0.3 is 0 Å². The van der Waals surface area contributed by atoms with Gasteiger partial charge in [0.25, 0.3) is 15.9 Å². The lowest BCUT2D eigenvalue weighted by Gasteiger charge is -2.24. The van der Waals surface area contributed by atoms with Crippen LogP contribution in [0.5, 0.6) is 0 Å². The SMILES string of the molecule is COCCCNC(=O)C1CCCN1C(=O)c1ccc(NS(=O)(=O)c2cc(C)ccc2C)cc1. The van der Waals surface area contributed by atoms with Crippen molar-refractivity contribution in [2.45, 2.75) is 44.0 Å². The number of carbonyl (C=O) groups is 2. The summed E-state index contributed by atoms with van der Waals surface area (Å²) in [5.74, 6) is -0.400. The Morgan fingerprint density at radius 1 is 1.12 bits per heavy atom. The molecule has 2 N–H and O–H groups in total. The summed E-state index contributed by atoms with van der Waals surface area (Å²) < 4.78 is 33.2. The van der Waals surface area contributed by atoms with Crippen LogP contribution in [0.25, 0.3) is 0 Å². The van der Waals surface area contributed by atoms with Gasteiger partial charge in [-0.15, -0.1) is 0 Å². The summed E-state index contributed by atoms with van der Waals surface area (Å²) in [6, 6.07) is 11.0. The van der Waals surface area contributed by atoms with E-state index >= 15 is 0 Å². The molecule has 0 aliphatic carbocycles. The average Bonchev–Trinajstić information content (AvgIpc) is 3.28. The number of carbonyl (C=O) groups excluding carboxylic acids is 2. The molecule has 2 amide bonds. The maximum Gasteiger partial charge on any atom is 0.262 e. The molecule has 9 heteroatoms. The molecule has 0 radical (unpaired) electrons. The van der Waals surface area contributed by atoms with Crippen molar-refractivity contribution < 1.29 is 22.7 Å². The van der Waals surface area contributed by atoms with Gasteiger partial charge in [0.15, 0.2) is 0 Å². The number of likely N-dealkylation sites (tertiary alicyclic amines) is 1. The molecule has 2 aromatic rings. The molecule has 3 rings (SSSR count). The molecule has 1 saturated heterocycles. The van der Waals surface area contributed by atoms with Crippen molar-refractivity contribution in [1.29, 1.82) is 0 Å². The zero-order valence-corrected chi connectivity index (χ0v) is 20.1. The number of rotatable bonds is 9. The fourth-order valence-electron chi connectivity index (χ4n) is 3.88. The fourth-order valence-corrected chi connectivity index (χ4v) is 5.27. The minimum absolute atomic E-state index is 0.158. The first-order valence-electron chi connectivity index (χ1n) is 11.0. The van der Waals surface area contributed by atoms with Crippen LogP contribution in [-0.2, 0) is 19.6 Å². The summed E-state index contributed by atoms with van der Waals surface area (Å²) in [5, 5.41) is 2.87. The molecule has 0 aromatic heterocycles. The predicted molar refractivity (Wildman–Crippen MR) is 127 cm³/mol. The molecule has 1 aliphatic rings. The first kappa shape index (κ1) is 24.7. The van der Waals surface area contributed by atoms with E-state index in [1.807, 2.05) is 13.0 Å². The molecule has 1 fully saturated rings. The topological polar surface area (TPSA) is 105 Å². The van der Waals surface area contributed by atoms with Crippen LogP contribution in [0.15, 0.2) is 47.4 Å². The minimum atomic E-state index is -3.76. The Morgan fingerprint density at radius 2 is 1.85 bits per heavy atom. The van der Waals surface area contributed by atoms with Crippen LogP contribution >= 0.6 is 0 Å². The molecule has 1 heterocycles. The van der Waals surface area contributed by atoms with Gasteiger partial charge in [0, 0.05) is 38.1 Å². The largest absolute Gasteiger partial charge is 0.385 e. The molecule has 0 spiro atoms. The number of hydrogen-bond donors (Lipinski definition) is 2. The maximum atomic E-state index is 13.0. The number of methoxy groups -OCH3 is 1. The molecule has 1 aliphatic heterocycles. The second-order valence-corrected chi connectivity index (χ2v) is 9.90. The Hall–Kier alpha value is -2.91. The van der Waals surface area contributed by atoms with Gasteiger partial charge in [-0.1, -0.05) is 12.1 Å². The van der Waals surface area contributed by atoms with Gasteiger partial charge < -0.3 is 15.0 Å². The van der Waals surface area contributed by atoms with Crippen molar-refractivity contribution in [2.75, 3.05) is 31.5 Å². The lowest BCUT2D eigenvalue weighted by Crippen LogP contribution is -2.46. The Bertz CT molecular complexity index is 1100. The smallest absolute Gasteiger partial charge is 0.262 e. The Kier molecular flexibility index (Phi) is 8.10. The van der Waals surface area contributed by atoms with E-state index < -0.39 is 16.1 Å². The van der Waals surface area contributed by atoms with Crippen LogP contribution < -0.4 is 10.0 Å². The number of benzene rings is 2. The van der Waals surface area contributed by atoms with Gasteiger partial charge in [0.05, 0.1) is 4.90 Å². The molecular weight excluding hydrogens is 442 g/mol. The second kappa shape index (κ2) is 10.8. The minimum Gasteiger partial charge on any atom is -0.385 e. The monoisotopic (exact) mass is 473 g/mol. The fraction of sp³-hybridized carbons (Fsp3) is 0.417. The van der Waals surface area contributed by atoms with Crippen molar-refractivity contribution >= 4 is 27.5 Å². The third-order valence-corrected chi connectivity index (χ3v) is 7.18. The number of sulfonamides is 1. The predicted octanol–water partition coefficient (Wildman–Crippen LogP) is 2.86. The molecule has 1 unspecified atom stereocenters. The van der Waals surface area contributed by atoms with Crippen LogP contribution in [0.3, 0.4) is 0 Å². The third kappa shape index (κ3) is 6.11. The summed E-state index contributed by atoms with van der Waals surface area (Å²) in [4.78, 5) is 27.4.